The van der Waals surface area contributed by atoms with E-state index in [1.807, 2.05) is 91.0 Å². The van der Waals surface area contributed by atoms with Crippen LogP contribution in [0.15, 0.2) is 138 Å². The summed E-state index contributed by atoms with van der Waals surface area (Å²) in [7, 11) is 0. The lowest BCUT2D eigenvalue weighted by atomic mass is 9.99. The van der Waals surface area contributed by atoms with Gasteiger partial charge in [0.2, 0.25) is 0 Å². The van der Waals surface area contributed by atoms with Crippen LogP contribution in [0.1, 0.15) is 89.4 Å². The SMILES string of the molecule is C.C.Cc1cc2c(cc1C)N=C(c1cccc(OCc3ccccc3)c1)CC(=O)C2.Cc1cc2c(cc1C)NC(c1cccc(OCc3ccccc3)c1)CC(=O)C2. The summed E-state index contributed by atoms with van der Waals surface area (Å²) < 4.78 is 11.9. The van der Waals surface area contributed by atoms with Gasteiger partial charge in [-0.2, -0.15) is 0 Å². The number of ketones is 2. The van der Waals surface area contributed by atoms with Gasteiger partial charge < -0.3 is 14.8 Å². The molecule has 2 aliphatic rings. The summed E-state index contributed by atoms with van der Waals surface area (Å²) in [6.07, 6.45) is 1.75. The largest absolute Gasteiger partial charge is 0.489 e. The minimum absolute atomic E-state index is 0. The number of Topliss-reactive ketones (excluding diaryl/α,β-unsaturated/α-hetero) is 2. The molecule has 8 rings (SSSR count). The maximum atomic E-state index is 12.6. The molecule has 1 N–H and O–H groups in total. The zero-order valence-electron chi connectivity index (χ0n) is 32.6. The number of nitrogens with one attached hydrogen (secondary N) is 1. The summed E-state index contributed by atoms with van der Waals surface area (Å²) in [6.45, 7) is 9.39. The molecule has 0 aliphatic carbocycles. The molecule has 1 unspecified atom stereocenters. The molecule has 1 atom stereocenters. The molecule has 6 heteroatoms. The monoisotopic (exact) mass is 772 g/mol. The third-order valence-corrected chi connectivity index (χ3v) is 10.5. The van der Waals surface area contributed by atoms with Crippen molar-refractivity contribution in [2.75, 3.05) is 5.32 Å². The number of carbonyl (C=O) groups excluding carboxylic acids is 2. The third kappa shape index (κ3) is 11.0. The van der Waals surface area contributed by atoms with Crippen LogP contribution in [-0.2, 0) is 35.6 Å². The van der Waals surface area contributed by atoms with E-state index in [4.69, 9.17) is 14.5 Å². The molecule has 0 saturated carbocycles. The molecule has 6 nitrogen and oxygen atoms in total. The number of aliphatic imine (C=N–C) groups is 1. The second-order valence-corrected chi connectivity index (χ2v) is 14.9. The molecular weight excluding hydrogens is 717 g/mol. The molecule has 58 heavy (non-hydrogen) atoms. The first-order valence-electron chi connectivity index (χ1n) is 19.3. The van der Waals surface area contributed by atoms with Gasteiger partial charge in [0, 0.05) is 36.9 Å². The lowest BCUT2D eigenvalue weighted by Gasteiger charge is -2.20. The first-order chi connectivity index (χ1) is 27.2. The fourth-order valence-corrected chi connectivity index (χ4v) is 7.10. The molecule has 2 heterocycles. The number of aryl methyl sites for hydroxylation is 4. The van der Waals surface area contributed by atoms with Crippen molar-refractivity contribution in [3.8, 4) is 11.5 Å². The van der Waals surface area contributed by atoms with E-state index in [0.717, 1.165) is 62.0 Å². The molecule has 298 valence electrons. The van der Waals surface area contributed by atoms with E-state index < -0.39 is 0 Å². The lowest BCUT2D eigenvalue weighted by Crippen LogP contribution is -2.13. The van der Waals surface area contributed by atoms with E-state index >= 15 is 0 Å². The van der Waals surface area contributed by atoms with E-state index in [-0.39, 0.29) is 32.5 Å². The van der Waals surface area contributed by atoms with Crippen LogP contribution in [0.2, 0.25) is 0 Å². The van der Waals surface area contributed by atoms with Gasteiger partial charge in [0.05, 0.1) is 17.4 Å². The molecule has 0 spiro atoms. The number of anilines is 1. The van der Waals surface area contributed by atoms with E-state index in [1.54, 1.807) is 0 Å². The van der Waals surface area contributed by atoms with E-state index in [9.17, 15) is 9.59 Å². The van der Waals surface area contributed by atoms with Gasteiger partial charge in [-0.25, -0.2) is 0 Å². The van der Waals surface area contributed by atoms with Crippen molar-refractivity contribution in [2.45, 2.75) is 87.5 Å². The number of fused-ring (bicyclic) bond motifs is 2. The highest BCUT2D eigenvalue weighted by Crippen LogP contribution is 2.34. The van der Waals surface area contributed by atoms with Crippen LogP contribution < -0.4 is 14.8 Å². The molecule has 0 bridgehead atoms. The fourth-order valence-electron chi connectivity index (χ4n) is 7.10. The van der Waals surface area contributed by atoms with E-state index in [2.05, 4.69) is 75.5 Å². The van der Waals surface area contributed by atoms with Gasteiger partial charge in [-0.1, -0.05) is 112 Å². The third-order valence-electron chi connectivity index (χ3n) is 10.5. The van der Waals surface area contributed by atoms with Gasteiger partial charge in [0.25, 0.3) is 0 Å². The van der Waals surface area contributed by atoms with Crippen molar-refractivity contribution in [1.29, 1.82) is 0 Å². The summed E-state index contributed by atoms with van der Waals surface area (Å²) in [5.74, 6) is 2.05. The molecule has 0 aromatic heterocycles. The Morgan fingerprint density at radius 2 is 1.12 bits per heavy atom. The van der Waals surface area contributed by atoms with Gasteiger partial charge in [0.1, 0.15) is 36.3 Å². The van der Waals surface area contributed by atoms with Gasteiger partial charge in [0.15, 0.2) is 0 Å². The zero-order chi connectivity index (χ0) is 39.0. The normalized spacial score (nSPS) is 14.3. The van der Waals surface area contributed by atoms with Crippen LogP contribution in [0, 0.1) is 27.7 Å². The molecule has 0 saturated heterocycles. The standard InChI is InChI=1S/C25H25NO2.C25H23NO2.2CH4/c2*1-17-11-21-13-22(27)15-25(26-24(21)12-18(17)2)20-9-6-10-23(14-20)28-16-19-7-4-3-5-8-19;;/h3-12,14,25-26H,13,15-16H2,1-2H3;3-12,14H,13,15-16H2,1-2H3;2*1H4. The number of carbonyl (C=O) groups is 2. The Kier molecular flexibility index (Phi) is 14.6. The van der Waals surface area contributed by atoms with Crippen molar-refractivity contribution >= 4 is 28.7 Å². The van der Waals surface area contributed by atoms with Crippen LogP contribution in [0.3, 0.4) is 0 Å². The van der Waals surface area contributed by atoms with Crippen LogP contribution >= 0.6 is 0 Å². The maximum absolute atomic E-state index is 12.6. The Bertz CT molecular complexity index is 2380. The van der Waals surface area contributed by atoms with Gasteiger partial charge in [-0.3, -0.25) is 14.6 Å². The van der Waals surface area contributed by atoms with Crippen molar-refractivity contribution in [3.05, 3.63) is 189 Å². The van der Waals surface area contributed by atoms with Crippen molar-refractivity contribution < 1.29 is 19.1 Å². The average molecular weight is 773 g/mol. The number of hydrogen-bond acceptors (Lipinski definition) is 6. The van der Waals surface area contributed by atoms with E-state index in [0.29, 0.717) is 38.9 Å². The number of ether oxygens (including phenoxy) is 2. The molecular formula is C52H56N2O4. The first kappa shape index (κ1) is 42.9. The summed E-state index contributed by atoms with van der Waals surface area (Å²) in [4.78, 5) is 29.9. The highest BCUT2D eigenvalue weighted by atomic mass is 16.5. The second-order valence-electron chi connectivity index (χ2n) is 14.9. The van der Waals surface area contributed by atoms with Gasteiger partial charge in [-0.15, -0.1) is 0 Å². The Labute approximate surface area is 345 Å². The molecule has 0 radical (unpaired) electrons. The minimum atomic E-state index is -0.0452. The number of hydrogen-bond donors (Lipinski definition) is 1. The highest BCUT2D eigenvalue weighted by Gasteiger charge is 2.24. The Balaban J connectivity index is 0.000000214. The first-order valence-corrected chi connectivity index (χ1v) is 19.3. The molecule has 0 fully saturated rings. The Morgan fingerprint density at radius 3 is 1.78 bits per heavy atom. The molecule has 2 aliphatic heterocycles. The summed E-state index contributed by atoms with van der Waals surface area (Å²) in [6, 6.07) is 44.5. The minimum Gasteiger partial charge on any atom is -0.489 e. The summed E-state index contributed by atoms with van der Waals surface area (Å²) >= 11 is 0. The quantitative estimate of drug-likeness (QED) is 0.167. The van der Waals surface area contributed by atoms with Gasteiger partial charge in [-0.05, 0) is 114 Å². The number of nitrogens with zero attached hydrogens (tertiary/aromatic N) is 1. The van der Waals surface area contributed by atoms with Crippen molar-refractivity contribution in [3.63, 3.8) is 0 Å². The lowest BCUT2D eigenvalue weighted by molar-refractivity contribution is -0.119. The predicted molar refractivity (Wildman–Crippen MR) is 239 cm³/mol. The van der Waals surface area contributed by atoms with E-state index in [1.165, 1.54) is 22.3 Å². The predicted octanol–water partition coefficient (Wildman–Crippen LogP) is 12.3. The fraction of sp³-hybridized carbons (Fsp3) is 0.250. The van der Waals surface area contributed by atoms with Crippen LogP contribution in [-0.4, -0.2) is 17.3 Å². The van der Waals surface area contributed by atoms with Crippen LogP contribution in [0.25, 0.3) is 0 Å². The average Bonchev–Trinajstić information content (AvgIpc) is 3.47. The Hall–Kier alpha value is -6.27. The smallest absolute Gasteiger partial charge is 0.143 e. The molecule has 6 aromatic carbocycles. The maximum Gasteiger partial charge on any atom is 0.143 e. The zero-order valence-corrected chi connectivity index (χ0v) is 32.6. The number of benzene rings is 6. The molecule has 0 amide bonds. The second kappa shape index (κ2) is 19.7. The summed E-state index contributed by atoms with van der Waals surface area (Å²) in [5.41, 5.74) is 14.0. The topological polar surface area (TPSA) is 77.0 Å². The Morgan fingerprint density at radius 1 is 0.569 bits per heavy atom. The number of rotatable bonds is 8. The van der Waals surface area contributed by atoms with Crippen molar-refractivity contribution in [2.24, 2.45) is 4.99 Å². The highest BCUT2D eigenvalue weighted by molar-refractivity contribution is 6.13. The molecule has 6 aromatic rings. The summed E-state index contributed by atoms with van der Waals surface area (Å²) in [5, 5.41) is 3.60. The van der Waals surface area contributed by atoms with Crippen molar-refractivity contribution in [1.82, 2.24) is 0 Å². The van der Waals surface area contributed by atoms with Gasteiger partial charge >= 0.3 is 0 Å². The van der Waals surface area contributed by atoms with Crippen LogP contribution in [0.4, 0.5) is 11.4 Å². The van der Waals surface area contributed by atoms with Crippen LogP contribution in [0.5, 0.6) is 11.5 Å².